The Morgan fingerprint density at radius 2 is 1.94 bits per heavy atom. The monoisotopic (exact) mass is 426 g/mol. The van der Waals surface area contributed by atoms with E-state index in [-0.39, 0.29) is 17.9 Å². The summed E-state index contributed by atoms with van der Waals surface area (Å²) in [4.78, 5) is 22.1. The Kier molecular flexibility index (Phi) is 6.36. The lowest BCUT2D eigenvalue weighted by atomic mass is 9.94. The lowest BCUT2D eigenvalue weighted by molar-refractivity contribution is 0.0989. The molecule has 1 atom stereocenters. The molecule has 0 saturated carbocycles. The number of hydrogen-bond donors (Lipinski definition) is 2. The average Bonchev–Trinajstić information content (AvgIpc) is 3.33. The van der Waals surface area contributed by atoms with Gasteiger partial charge in [0.05, 0.1) is 37.0 Å². The third kappa shape index (κ3) is 4.73. The molecule has 0 amide bonds. The number of anilines is 1. The molecule has 0 aliphatic carbocycles. The molecule has 1 unspecified atom stereocenters. The van der Waals surface area contributed by atoms with E-state index >= 15 is 0 Å². The van der Waals surface area contributed by atoms with E-state index in [9.17, 15) is 4.79 Å². The minimum absolute atomic E-state index is 0.178. The molecule has 32 heavy (non-hydrogen) atoms. The first-order valence-electron chi connectivity index (χ1n) is 10.0. The second kappa shape index (κ2) is 9.70. The zero-order valence-corrected chi connectivity index (χ0v) is 17.5. The van der Waals surface area contributed by atoms with Gasteiger partial charge in [0.2, 0.25) is 0 Å². The van der Waals surface area contributed by atoms with Gasteiger partial charge in [0.15, 0.2) is 5.78 Å². The quantitative estimate of drug-likeness (QED) is 0.298. The van der Waals surface area contributed by atoms with Crippen LogP contribution in [0.15, 0.2) is 90.1 Å². The second-order valence-electron chi connectivity index (χ2n) is 7.14. The number of carbonyl (C=O) groups excluding carboxylic acids is 1. The fourth-order valence-electron chi connectivity index (χ4n) is 3.37. The lowest BCUT2D eigenvalue weighted by Gasteiger charge is -2.20. The van der Waals surface area contributed by atoms with Gasteiger partial charge in [-0.05, 0) is 17.7 Å². The molecule has 2 N–H and O–H groups in total. The molecule has 4 aromatic rings. The summed E-state index contributed by atoms with van der Waals surface area (Å²) in [6.07, 6.45) is 8.03. The second-order valence-corrected chi connectivity index (χ2v) is 7.14. The maximum Gasteiger partial charge on any atom is 0.194 e. The summed E-state index contributed by atoms with van der Waals surface area (Å²) in [6, 6.07) is 15.8. The minimum Gasteiger partial charge on any atom is -0.495 e. The van der Waals surface area contributed by atoms with Crippen molar-refractivity contribution in [2.75, 3.05) is 12.4 Å². The maximum absolute atomic E-state index is 13.7. The third-order valence-electron chi connectivity index (χ3n) is 4.98. The number of benzene rings is 1. The van der Waals surface area contributed by atoms with Crippen LogP contribution in [0, 0.1) is 5.41 Å². The molecule has 0 spiro atoms. The van der Waals surface area contributed by atoms with E-state index in [0.717, 1.165) is 5.56 Å². The van der Waals surface area contributed by atoms with Gasteiger partial charge in [-0.15, -0.1) is 0 Å². The summed E-state index contributed by atoms with van der Waals surface area (Å²) in [5.41, 5.74) is 3.39. The number of aromatic nitrogens is 2. The maximum atomic E-state index is 13.7. The summed E-state index contributed by atoms with van der Waals surface area (Å²) < 4.78 is 10.6. The number of pyridine rings is 2. The molecule has 3 heterocycles. The summed E-state index contributed by atoms with van der Waals surface area (Å²) in [5.74, 6) is 0.270. The molecule has 0 bridgehead atoms. The highest BCUT2D eigenvalue weighted by molar-refractivity contribution is 6.19. The van der Waals surface area contributed by atoms with Gasteiger partial charge in [0.1, 0.15) is 18.1 Å². The van der Waals surface area contributed by atoms with Crippen LogP contribution in [0.4, 0.5) is 5.69 Å². The van der Waals surface area contributed by atoms with Crippen molar-refractivity contribution in [1.29, 1.82) is 5.41 Å². The molecule has 4 rings (SSSR count). The highest BCUT2D eigenvalue weighted by Gasteiger charge is 2.28. The van der Waals surface area contributed by atoms with Crippen molar-refractivity contribution in [2.45, 2.75) is 12.5 Å². The fourth-order valence-corrected chi connectivity index (χ4v) is 3.37. The Morgan fingerprint density at radius 3 is 2.69 bits per heavy atom. The summed E-state index contributed by atoms with van der Waals surface area (Å²) in [6.45, 7) is 0. The van der Waals surface area contributed by atoms with Gasteiger partial charge < -0.3 is 19.9 Å². The number of furan rings is 1. The Hall–Kier alpha value is -4.26. The Balaban J connectivity index is 1.68. The van der Waals surface area contributed by atoms with E-state index in [4.69, 9.17) is 14.6 Å². The van der Waals surface area contributed by atoms with Crippen LogP contribution in [0.25, 0.3) is 11.1 Å². The smallest absolute Gasteiger partial charge is 0.194 e. The molecule has 0 aliphatic heterocycles. The molecule has 7 nitrogen and oxygen atoms in total. The van der Waals surface area contributed by atoms with Crippen LogP contribution < -0.4 is 10.1 Å². The summed E-state index contributed by atoms with van der Waals surface area (Å²) in [5, 5.41) is 11.9. The number of ketones is 1. The van der Waals surface area contributed by atoms with Crippen LogP contribution in [0.2, 0.25) is 0 Å². The minimum atomic E-state index is -0.939. The number of nitrogens with one attached hydrogen (secondary N) is 2. The number of nitrogens with zero attached hydrogens (tertiary/aromatic N) is 2. The van der Waals surface area contributed by atoms with Crippen LogP contribution in [-0.4, -0.2) is 34.6 Å². The van der Waals surface area contributed by atoms with Crippen molar-refractivity contribution in [3.05, 3.63) is 97.0 Å². The van der Waals surface area contributed by atoms with E-state index in [1.807, 2.05) is 48.5 Å². The highest BCUT2D eigenvalue weighted by atomic mass is 16.5. The SMILES string of the molecule is COc1cncc(NC(C(=N)Cc2ccccn2)C(=O)c2cocc2-c2ccccc2)c1. The topological polar surface area (TPSA) is 101 Å². The van der Waals surface area contributed by atoms with Crippen molar-refractivity contribution in [2.24, 2.45) is 0 Å². The van der Waals surface area contributed by atoms with Crippen LogP contribution in [-0.2, 0) is 6.42 Å². The Bertz CT molecular complexity index is 1210. The van der Waals surface area contributed by atoms with Gasteiger partial charge in [0.25, 0.3) is 0 Å². The lowest BCUT2D eigenvalue weighted by Crippen LogP contribution is -2.38. The summed E-state index contributed by atoms with van der Waals surface area (Å²) in [7, 11) is 1.55. The molecule has 0 radical (unpaired) electrons. The Morgan fingerprint density at radius 1 is 1.12 bits per heavy atom. The third-order valence-corrected chi connectivity index (χ3v) is 4.98. The van der Waals surface area contributed by atoms with Crippen molar-refractivity contribution >= 4 is 17.2 Å². The first kappa shape index (κ1) is 21.0. The standard InChI is InChI=1S/C25H22N4O3/c1-31-20-11-19(13-27-14-20)29-24(23(26)12-18-9-5-6-10-28-18)25(30)22-16-32-15-21(22)17-7-3-2-4-8-17/h2-11,13-16,24,26,29H,12H2,1H3. The molecule has 7 heteroatoms. The number of rotatable bonds is 9. The van der Waals surface area contributed by atoms with Crippen molar-refractivity contribution < 1.29 is 13.9 Å². The van der Waals surface area contributed by atoms with Crippen LogP contribution >= 0.6 is 0 Å². The molecule has 0 fully saturated rings. The number of carbonyl (C=O) groups is 1. The molecule has 1 aromatic carbocycles. The first-order chi connectivity index (χ1) is 15.7. The predicted molar refractivity (Wildman–Crippen MR) is 122 cm³/mol. The molecule has 0 saturated heterocycles. The van der Waals surface area contributed by atoms with E-state index in [1.54, 1.807) is 38.0 Å². The average molecular weight is 426 g/mol. The first-order valence-corrected chi connectivity index (χ1v) is 10.0. The van der Waals surface area contributed by atoms with E-state index in [2.05, 4.69) is 15.3 Å². The number of hydrogen-bond acceptors (Lipinski definition) is 7. The van der Waals surface area contributed by atoms with Crippen LogP contribution in [0.3, 0.4) is 0 Å². The normalized spacial score (nSPS) is 11.5. The zero-order chi connectivity index (χ0) is 22.3. The highest BCUT2D eigenvalue weighted by Crippen LogP contribution is 2.27. The van der Waals surface area contributed by atoms with Gasteiger partial charge >= 0.3 is 0 Å². The van der Waals surface area contributed by atoms with Crippen LogP contribution in [0.5, 0.6) is 5.75 Å². The molecule has 3 aromatic heterocycles. The van der Waals surface area contributed by atoms with Crippen molar-refractivity contribution in [1.82, 2.24) is 9.97 Å². The predicted octanol–water partition coefficient (Wildman–Crippen LogP) is 4.67. The van der Waals surface area contributed by atoms with Gasteiger partial charge in [-0.2, -0.15) is 0 Å². The van der Waals surface area contributed by atoms with E-state index in [0.29, 0.717) is 28.3 Å². The zero-order valence-electron chi connectivity index (χ0n) is 17.5. The van der Waals surface area contributed by atoms with Gasteiger partial charge in [-0.1, -0.05) is 36.4 Å². The molecule has 0 aliphatic rings. The number of ether oxygens (including phenoxy) is 1. The number of Topliss-reactive ketones (excluding diaryl/α,β-unsaturated/α-hetero) is 1. The summed E-state index contributed by atoms with van der Waals surface area (Å²) >= 11 is 0. The van der Waals surface area contributed by atoms with Crippen molar-refractivity contribution in [3.8, 4) is 16.9 Å². The molecular formula is C25H22N4O3. The van der Waals surface area contributed by atoms with E-state index in [1.165, 1.54) is 6.26 Å². The molecule has 160 valence electrons. The largest absolute Gasteiger partial charge is 0.495 e. The Labute approximate surface area is 185 Å². The number of methoxy groups -OCH3 is 1. The van der Waals surface area contributed by atoms with Crippen LogP contribution in [0.1, 0.15) is 16.1 Å². The fraction of sp³-hybridized carbons (Fsp3) is 0.120. The van der Waals surface area contributed by atoms with Gasteiger partial charge in [-0.3, -0.25) is 14.8 Å². The van der Waals surface area contributed by atoms with Gasteiger partial charge in [-0.25, -0.2) is 0 Å². The van der Waals surface area contributed by atoms with E-state index < -0.39 is 6.04 Å². The molecular weight excluding hydrogens is 404 g/mol. The van der Waals surface area contributed by atoms with Crippen molar-refractivity contribution in [3.63, 3.8) is 0 Å². The van der Waals surface area contributed by atoms with Gasteiger partial charge in [0, 0.05) is 35.7 Å².